The van der Waals surface area contributed by atoms with Crippen molar-refractivity contribution in [3.63, 3.8) is 0 Å². The highest BCUT2D eigenvalue weighted by Crippen LogP contribution is 2.18. The van der Waals surface area contributed by atoms with Gasteiger partial charge in [-0.2, -0.15) is 10.1 Å². The molecule has 0 atom stereocenters. The summed E-state index contributed by atoms with van der Waals surface area (Å²) in [5.41, 5.74) is 3.58. The summed E-state index contributed by atoms with van der Waals surface area (Å²) in [5.74, 6) is -0.308. The fourth-order valence-corrected chi connectivity index (χ4v) is 2.41. The zero-order valence-electron chi connectivity index (χ0n) is 14.8. The Balaban J connectivity index is 1.84. The minimum atomic E-state index is -0.624. The number of aromatic amines is 1. The second kappa shape index (κ2) is 8.04. The maximum Gasteiger partial charge on any atom is 0.347 e. The lowest BCUT2D eigenvalue weighted by Crippen LogP contribution is -2.22. The number of hydrogen-bond donors (Lipinski definition) is 5. The van der Waals surface area contributed by atoms with Crippen LogP contribution in [-0.4, -0.2) is 32.3 Å². The number of aromatic nitrogens is 2. The third-order valence-electron chi connectivity index (χ3n) is 3.75. The lowest BCUT2D eigenvalue weighted by Gasteiger charge is -2.11. The normalized spacial score (nSPS) is 10.8. The van der Waals surface area contributed by atoms with Crippen molar-refractivity contribution in [1.29, 1.82) is 0 Å². The van der Waals surface area contributed by atoms with Crippen LogP contribution in [0.5, 0.6) is 11.5 Å². The van der Waals surface area contributed by atoms with Gasteiger partial charge < -0.3 is 20.5 Å². The zero-order valence-corrected chi connectivity index (χ0v) is 14.8. The van der Waals surface area contributed by atoms with Crippen LogP contribution in [-0.2, 0) is 0 Å². The van der Waals surface area contributed by atoms with Crippen LogP contribution in [0.15, 0.2) is 58.4 Å². The lowest BCUT2D eigenvalue weighted by atomic mass is 10.2. The summed E-state index contributed by atoms with van der Waals surface area (Å²) in [6.45, 7) is 1.57. The van der Waals surface area contributed by atoms with Gasteiger partial charge in [0, 0.05) is 11.4 Å². The molecule has 142 valence electrons. The predicted molar refractivity (Wildman–Crippen MR) is 105 cm³/mol. The number of hydrazone groups is 1. The summed E-state index contributed by atoms with van der Waals surface area (Å²) in [7, 11) is 0. The Bertz CT molecular complexity index is 1070. The summed E-state index contributed by atoms with van der Waals surface area (Å²) >= 11 is 0. The number of aryl methyl sites for hydroxylation is 1. The molecule has 1 heterocycles. The quantitative estimate of drug-likeness (QED) is 0.261. The minimum Gasteiger partial charge on any atom is -0.508 e. The fourth-order valence-electron chi connectivity index (χ4n) is 2.41. The van der Waals surface area contributed by atoms with Gasteiger partial charge >= 0.3 is 5.69 Å². The zero-order chi connectivity index (χ0) is 20.1. The first-order chi connectivity index (χ1) is 13.4. The molecule has 28 heavy (non-hydrogen) atoms. The van der Waals surface area contributed by atoms with Gasteiger partial charge in [-0.15, -0.1) is 0 Å². The predicted octanol–water partition coefficient (Wildman–Crippen LogP) is 2.19. The van der Waals surface area contributed by atoms with Crippen LogP contribution < -0.4 is 16.4 Å². The number of nitrogens with zero attached hydrogens (tertiary/aromatic N) is 2. The van der Waals surface area contributed by atoms with E-state index in [1.807, 2.05) is 0 Å². The first-order valence-corrected chi connectivity index (χ1v) is 8.22. The Morgan fingerprint density at radius 3 is 2.32 bits per heavy atom. The van der Waals surface area contributed by atoms with Gasteiger partial charge in [0.1, 0.15) is 17.1 Å². The van der Waals surface area contributed by atoms with Crippen molar-refractivity contribution in [2.75, 3.05) is 10.7 Å². The van der Waals surface area contributed by atoms with E-state index < -0.39 is 11.6 Å². The van der Waals surface area contributed by atoms with Crippen LogP contribution in [0, 0.1) is 6.92 Å². The maximum atomic E-state index is 12.7. The summed E-state index contributed by atoms with van der Waals surface area (Å²) in [5, 5.41) is 25.3. The van der Waals surface area contributed by atoms with Gasteiger partial charge in [0.05, 0.1) is 6.21 Å². The van der Waals surface area contributed by atoms with Gasteiger partial charge in [-0.25, -0.2) is 4.79 Å². The molecule has 0 aliphatic rings. The number of carbonyl (C=O) groups excluding carboxylic acids is 1. The molecule has 9 heteroatoms. The van der Waals surface area contributed by atoms with Crippen molar-refractivity contribution in [3.05, 3.63) is 75.8 Å². The number of nitrogens with one attached hydrogen (secondary N) is 3. The molecule has 0 saturated heterocycles. The Labute approximate surface area is 159 Å². The molecule has 9 nitrogen and oxygen atoms in total. The fraction of sp³-hybridized carbons (Fsp3) is 0.0526. The van der Waals surface area contributed by atoms with Crippen molar-refractivity contribution in [1.82, 2.24) is 9.97 Å². The molecule has 3 rings (SSSR count). The van der Waals surface area contributed by atoms with Crippen LogP contribution in [0.1, 0.15) is 21.6 Å². The van der Waals surface area contributed by atoms with E-state index in [2.05, 4.69) is 25.8 Å². The lowest BCUT2D eigenvalue weighted by molar-refractivity contribution is 0.102. The summed E-state index contributed by atoms with van der Waals surface area (Å²) in [4.78, 5) is 30.6. The van der Waals surface area contributed by atoms with E-state index >= 15 is 0 Å². The Morgan fingerprint density at radius 1 is 1.07 bits per heavy atom. The highest BCUT2D eigenvalue weighted by Gasteiger charge is 2.17. The molecule has 0 bridgehead atoms. The largest absolute Gasteiger partial charge is 0.508 e. The SMILES string of the molecule is Cc1[nH]c(=O)nc(N/N=C/c2ccc(O)cc2)c1C(=O)Nc1ccc(O)cc1. The van der Waals surface area contributed by atoms with Gasteiger partial charge in [-0.05, 0) is 61.0 Å². The van der Waals surface area contributed by atoms with E-state index in [-0.39, 0.29) is 22.9 Å². The Hall–Kier alpha value is -4.14. The summed E-state index contributed by atoms with van der Waals surface area (Å²) in [6, 6.07) is 12.3. The van der Waals surface area contributed by atoms with E-state index in [9.17, 15) is 19.8 Å². The first-order valence-electron chi connectivity index (χ1n) is 8.22. The number of phenolic OH excluding ortho intramolecular Hbond substituents is 2. The van der Waals surface area contributed by atoms with Crippen molar-refractivity contribution in [3.8, 4) is 11.5 Å². The number of amides is 1. The smallest absolute Gasteiger partial charge is 0.347 e. The molecular weight excluding hydrogens is 362 g/mol. The molecule has 0 fully saturated rings. The average molecular weight is 379 g/mol. The van der Waals surface area contributed by atoms with Crippen molar-refractivity contribution >= 4 is 23.6 Å². The molecule has 0 aliphatic carbocycles. The number of hydrogen-bond acceptors (Lipinski definition) is 7. The molecule has 0 spiro atoms. The molecule has 0 saturated carbocycles. The van der Waals surface area contributed by atoms with Crippen LogP contribution in [0.2, 0.25) is 0 Å². The van der Waals surface area contributed by atoms with E-state index in [1.165, 1.54) is 42.6 Å². The maximum absolute atomic E-state index is 12.7. The topological polar surface area (TPSA) is 140 Å². The van der Waals surface area contributed by atoms with E-state index in [0.29, 0.717) is 16.9 Å². The van der Waals surface area contributed by atoms with Gasteiger partial charge in [-0.1, -0.05) is 0 Å². The van der Waals surface area contributed by atoms with E-state index in [0.717, 1.165) is 0 Å². The Morgan fingerprint density at radius 2 is 1.68 bits per heavy atom. The van der Waals surface area contributed by atoms with Gasteiger partial charge in [-0.3, -0.25) is 10.2 Å². The second-order valence-corrected chi connectivity index (χ2v) is 5.85. The number of aromatic hydroxyl groups is 2. The summed E-state index contributed by atoms with van der Waals surface area (Å²) < 4.78 is 0. The van der Waals surface area contributed by atoms with Crippen LogP contribution in [0.3, 0.4) is 0 Å². The Kier molecular flexibility index (Phi) is 5.35. The number of benzene rings is 2. The van der Waals surface area contributed by atoms with E-state index in [1.54, 1.807) is 19.1 Å². The van der Waals surface area contributed by atoms with Crippen molar-refractivity contribution in [2.45, 2.75) is 6.92 Å². The van der Waals surface area contributed by atoms with Crippen molar-refractivity contribution < 1.29 is 15.0 Å². The van der Waals surface area contributed by atoms with Crippen LogP contribution >= 0.6 is 0 Å². The average Bonchev–Trinajstić information content (AvgIpc) is 2.64. The molecule has 1 amide bonds. The number of rotatable bonds is 5. The number of anilines is 2. The van der Waals surface area contributed by atoms with Crippen LogP contribution in [0.4, 0.5) is 11.5 Å². The van der Waals surface area contributed by atoms with Gasteiger partial charge in [0.15, 0.2) is 5.82 Å². The number of carbonyl (C=O) groups is 1. The third-order valence-corrected chi connectivity index (χ3v) is 3.75. The summed E-state index contributed by atoms with van der Waals surface area (Å²) in [6.07, 6.45) is 1.46. The number of H-pyrrole nitrogens is 1. The molecule has 2 aromatic carbocycles. The molecule has 0 unspecified atom stereocenters. The highest BCUT2D eigenvalue weighted by molar-refractivity contribution is 6.08. The molecule has 1 aromatic heterocycles. The second-order valence-electron chi connectivity index (χ2n) is 5.85. The number of phenols is 2. The van der Waals surface area contributed by atoms with Crippen molar-refractivity contribution in [2.24, 2.45) is 5.10 Å². The molecule has 3 aromatic rings. The van der Waals surface area contributed by atoms with Gasteiger partial charge in [0.2, 0.25) is 0 Å². The van der Waals surface area contributed by atoms with E-state index in [4.69, 9.17) is 0 Å². The van der Waals surface area contributed by atoms with Crippen LogP contribution in [0.25, 0.3) is 0 Å². The molecule has 0 radical (unpaired) electrons. The standard InChI is InChI=1S/C19H17N5O4/c1-11-16(18(27)22-13-4-8-15(26)9-5-13)17(23-19(28)21-11)24-20-10-12-2-6-14(25)7-3-12/h2-10,25-26H,1H3,(H,22,27)(H2,21,23,24,28)/b20-10+. The highest BCUT2D eigenvalue weighted by atomic mass is 16.3. The molecule has 5 N–H and O–H groups in total. The third kappa shape index (κ3) is 4.52. The molecule has 0 aliphatic heterocycles. The van der Waals surface area contributed by atoms with Gasteiger partial charge in [0.25, 0.3) is 5.91 Å². The minimum absolute atomic E-state index is 0.00689. The molecular formula is C19H17N5O4. The monoisotopic (exact) mass is 379 g/mol. The first kappa shape index (κ1) is 18.6.